The van der Waals surface area contributed by atoms with Gasteiger partial charge in [0.2, 0.25) is 10.0 Å². The van der Waals surface area contributed by atoms with Gasteiger partial charge in [-0.3, -0.25) is 0 Å². The highest BCUT2D eigenvalue weighted by atomic mass is 32.2. The van der Waals surface area contributed by atoms with Gasteiger partial charge in [0.15, 0.2) is 11.5 Å². The number of hydrogen-bond acceptors (Lipinski definition) is 8. The van der Waals surface area contributed by atoms with Crippen molar-refractivity contribution < 1.29 is 22.8 Å². The number of thiazole rings is 1. The van der Waals surface area contributed by atoms with E-state index in [4.69, 9.17) is 14.8 Å². The first-order chi connectivity index (χ1) is 11.7. The minimum atomic E-state index is -3.93. The molecule has 11 heteroatoms. The first-order valence-electron chi connectivity index (χ1n) is 6.80. The summed E-state index contributed by atoms with van der Waals surface area (Å²) in [7, 11) is -3.93. The minimum absolute atomic E-state index is 0.114. The number of carbonyl (C=O) groups is 1. The SMILES string of the molecule is Cc1cc(Nc2ccc(S(N)(=O)=O)cc2-c2nc(C(=O)O)cs2)no1. The van der Waals surface area contributed by atoms with Crippen LogP contribution in [-0.2, 0) is 10.0 Å². The third kappa shape index (κ3) is 3.68. The number of nitrogens with two attached hydrogens (primary N) is 1. The Balaban J connectivity index is 2.11. The maximum absolute atomic E-state index is 11.6. The third-order valence-corrected chi connectivity index (χ3v) is 4.95. The Bertz CT molecular complexity index is 1050. The van der Waals surface area contributed by atoms with E-state index in [-0.39, 0.29) is 10.6 Å². The molecule has 2 heterocycles. The molecule has 0 bridgehead atoms. The molecular formula is C14H12N4O5S2. The largest absolute Gasteiger partial charge is 0.476 e. The number of carboxylic acid groups (broad SMARTS) is 1. The van der Waals surface area contributed by atoms with E-state index in [1.54, 1.807) is 13.0 Å². The quantitative estimate of drug-likeness (QED) is 0.610. The van der Waals surface area contributed by atoms with E-state index in [2.05, 4.69) is 15.5 Å². The summed E-state index contributed by atoms with van der Waals surface area (Å²) in [6, 6.07) is 5.82. The number of sulfonamides is 1. The Kier molecular flexibility index (Phi) is 4.29. The second-order valence-corrected chi connectivity index (χ2v) is 7.46. The van der Waals surface area contributed by atoms with E-state index < -0.39 is 16.0 Å². The highest BCUT2D eigenvalue weighted by Crippen LogP contribution is 2.34. The average molecular weight is 380 g/mol. The van der Waals surface area contributed by atoms with Gasteiger partial charge in [-0.05, 0) is 25.1 Å². The van der Waals surface area contributed by atoms with Gasteiger partial charge in [0.1, 0.15) is 10.8 Å². The summed E-state index contributed by atoms with van der Waals surface area (Å²) in [5.74, 6) is -0.170. The van der Waals surface area contributed by atoms with Gasteiger partial charge in [-0.1, -0.05) is 5.16 Å². The minimum Gasteiger partial charge on any atom is -0.476 e. The van der Waals surface area contributed by atoms with E-state index >= 15 is 0 Å². The van der Waals surface area contributed by atoms with Gasteiger partial charge in [0.25, 0.3) is 0 Å². The van der Waals surface area contributed by atoms with Crippen molar-refractivity contribution in [3.63, 3.8) is 0 Å². The molecular weight excluding hydrogens is 368 g/mol. The molecule has 9 nitrogen and oxygen atoms in total. The zero-order valence-electron chi connectivity index (χ0n) is 12.8. The number of anilines is 2. The van der Waals surface area contributed by atoms with Crippen molar-refractivity contribution in [2.45, 2.75) is 11.8 Å². The van der Waals surface area contributed by atoms with E-state index in [1.165, 1.54) is 23.6 Å². The van der Waals surface area contributed by atoms with Crippen molar-refractivity contribution in [3.8, 4) is 10.6 Å². The molecule has 0 amide bonds. The number of primary sulfonamides is 1. The summed E-state index contributed by atoms with van der Waals surface area (Å²) in [6.45, 7) is 1.73. The van der Waals surface area contributed by atoms with Crippen LogP contribution in [0.25, 0.3) is 10.6 Å². The van der Waals surface area contributed by atoms with Crippen LogP contribution in [0.1, 0.15) is 16.2 Å². The molecule has 0 atom stereocenters. The summed E-state index contributed by atoms with van der Waals surface area (Å²) in [6.07, 6.45) is 0. The van der Waals surface area contributed by atoms with Gasteiger partial charge in [0, 0.05) is 17.0 Å². The lowest BCUT2D eigenvalue weighted by molar-refractivity contribution is 0.0691. The first kappa shape index (κ1) is 17.1. The molecule has 0 fully saturated rings. The first-order valence-corrected chi connectivity index (χ1v) is 9.23. The van der Waals surface area contributed by atoms with Crippen molar-refractivity contribution in [1.82, 2.24) is 10.1 Å². The normalized spacial score (nSPS) is 11.4. The molecule has 0 saturated carbocycles. The Labute approximate surface area is 146 Å². The van der Waals surface area contributed by atoms with Crippen molar-refractivity contribution >= 4 is 38.8 Å². The molecule has 0 aliphatic rings. The number of aryl methyl sites for hydroxylation is 1. The van der Waals surface area contributed by atoms with Gasteiger partial charge in [-0.15, -0.1) is 11.3 Å². The molecule has 25 heavy (non-hydrogen) atoms. The highest BCUT2D eigenvalue weighted by molar-refractivity contribution is 7.89. The zero-order chi connectivity index (χ0) is 18.2. The lowest BCUT2D eigenvalue weighted by Gasteiger charge is -2.10. The van der Waals surface area contributed by atoms with Gasteiger partial charge in [0.05, 0.1) is 10.6 Å². The standard InChI is InChI=1S/C14H12N4O5S2/c1-7-4-12(18-23-7)16-10-3-2-8(25(15,21)22)5-9(10)13-17-11(6-24-13)14(19)20/h2-6H,1H3,(H,16,18)(H,19,20)(H2,15,21,22). The average Bonchev–Trinajstić information content (AvgIpc) is 3.16. The smallest absolute Gasteiger partial charge is 0.355 e. The fraction of sp³-hybridized carbons (Fsp3) is 0.0714. The van der Waals surface area contributed by atoms with Crippen LogP contribution >= 0.6 is 11.3 Å². The van der Waals surface area contributed by atoms with Crippen molar-refractivity contribution in [3.05, 3.63) is 41.1 Å². The lowest BCUT2D eigenvalue weighted by atomic mass is 10.2. The van der Waals surface area contributed by atoms with Crippen LogP contribution in [0.4, 0.5) is 11.5 Å². The Hall–Kier alpha value is -2.76. The Morgan fingerprint density at radius 2 is 2.12 bits per heavy atom. The molecule has 0 aliphatic carbocycles. The summed E-state index contributed by atoms with van der Waals surface area (Å²) in [5.41, 5.74) is 0.723. The fourth-order valence-electron chi connectivity index (χ4n) is 2.05. The number of rotatable bonds is 5. The van der Waals surface area contributed by atoms with Crippen LogP contribution in [-0.4, -0.2) is 29.6 Å². The number of benzene rings is 1. The molecule has 0 aliphatic heterocycles. The topological polar surface area (TPSA) is 148 Å². The van der Waals surface area contributed by atoms with Crippen LogP contribution in [0.3, 0.4) is 0 Å². The number of nitrogens with zero attached hydrogens (tertiary/aromatic N) is 2. The molecule has 4 N–H and O–H groups in total. The van der Waals surface area contributed by atoms with E-state index in [0.717, 1.165) is 11.3 Å². The summed E-state index contributed by atoms with van der Waals surface area (Å²) in [4.78, 5) is 14.9. The molecule has 130 valence electrons. The van der Waals surface area contributed by atoms with E-state index in [9.17, 15) is 13.2 Å². The zero-order valence-corrected chi connectivity index (χ0v) is 14.4. The lowest BCUT2D eigenvalue weighted by Crippen LogP contribution is -2.12. The molecule has 1 aromatic carbocycles. The predicted octanol–water partition coefficient (Wildman–Crippen LogP) is 2.20. The summed E-state index contributed by atoms with van der Waals surface area (Å²) in [5, 5.41) is 22.7. The molecule has 3 rings (SSSR count). The number of hydrogen-bond donors (Lipinski definition) is 3. The maximum Gasteiger partial charge on any atom is 0.355 e. The van der Waals surface area contributed by atoms with Crippen LogP contribution in [0.5, 0.6) is 0 Å². The number of carboxylic acids is 1. The van der Waals surface area contributed by atoms with Crippen molar-refractivity contribution in [2.75, 3.05) is 5.32 Å². The highest BCUT2D eigenvalue weighted by Gasteiger charge is 2.18. The van der Waals surface area contributed by atoms with Crippen molar-refractivity contribution in [2.24, 2.45) is 5.14 Å². The van der Waals surface area contributed by atoms with Crippen LogP contribution in [0.15, 0.2) is 39.1 Å². The number of nitrogens with one attached hydrogen (secondary N) is 1. The Morgan fingerprint density at radius 3 is 2.68 bits per heavy atom. The molecule has 0 spiro atoms. The maximum atomic E-state index is 11.6. The Morgan fingerprint density at radius 1 is 1.36 bits per heavy atom. The fourth-order valence-corrected chi connectivity index (χ4v) is 3.41. The predicted molar refractivity (Wildman–Crippen MR) is 90.4 cm³/mol. The van der Waals surface area contributed by atoms with Gasteiger partial charge in [-0.2, -0.15) is 0 Å². The molecule has 2 aromatic heterocycles. The molecule has 0 saturated heterocycles. The van der Waals surface area contributed by atoms with Crippen molar-refractivity contribution in [1.29, 1.82) is 0 Å². The van der Waals surface area contributed by atoms with Gasteiger partial charge >= 0.3 is 5.97 Å². The van der Waals surface area contributed by atoms with Gasteiger partial charge < -0.3 is 14.9 Å². The second kappa shape index (κ2) is 6.27. The monoisotopic (exact) mass is 380 g/mol. The van der Waals surface area contributed by atoms with Gasteiger partial charge in [-0.25, -0.2) is 23.3 Å². The summed E-state index contributed by atoms with van der Waals surface area (Å²) < 4.78 is 28.2. The number of aromatic carboxylic acids is 1. The van der Waals surface area contributed by atoms with E-state index in [0.29, 0.717) is 27.8 Å². The molecule has 3 aromatic rings. The molecule has 0 radical (unpaired) electrons. The van der Waals surface area contributed by atoms with E-state index in [1.807, 2.05) is 0 Å². The molecule has 0 unspecified atom stereocenters. The third-order valence-electron chi connectivity index (χ3n) is 3.16. The van der Waals surface area contributed by atoms with Crippen LogP contribution in [0, 0.1) is 6.92 Å². The van der Waals surface area contributed by atoms with Crippen LogP contribution < -0.4 is 10.5 Å². The second-order valence-electron chi connectivity index (χ2n) is 5.04. The van der Waals surface area contributed by atoms with Crippen LogP contribution in [0.2, 0.25) is 0 Å². The number of aromatic nitrogens is 2. The summed E-state index contributed by atoms with van der Waals surface area (Å²) >= 11 is 1.07.